The Morgan fingerprint density at radius 3 is 2.92 bits per heavy atom. The predicted molar refractivity (Wildman–Crippen MR) is 86.7 cm³/mol. The monoisotopic (exact) mass is 364 g/mol. The van der Waals surface area contributed by atoms with E-state index in [2.05, 4.69) is 20.4 Å². The Morgan fingerprint density at radius 2 is 2.16 bits per heavy atom. The van der Waals surface area contributed by atoms with Crippen LogP contribution in [-0.4, -0.2) is 49.8 Å². The van der Waals surface area contributed by atoms with E-state index in [9.17, 15) is 13.6 Å². The van der Waals surface area contributed by atoms with Gasteiger partial charge in [0.25, 0.3) is 5.78 Å². The Hall–Kier alpha value is -2.81. The van der Waals surface area contributed by atoms with Crippen molar-refractivity contribution in [3.8, 4) is 11.4 Å². The highest BCUT2D eigenvalue weighted by Gasteiger charge is 2.30. The maximum Gasteiger partial charge on any atom is 0.322 e. The van der Waals surface area contributed by atoms with E-state index in [1.807, 2.05) is 0 Å². The van der Waals surface area contributed by atoms with Crippen molar-refractivity contribution in [3.63, 3.8) is 0 Å². The molecule has 10 heteroatoms. The summed E-state index contributed by atoms with van der Waals surface area (Å²) < 4.78 is 28.3. The van der Waals surface area contributed by atoms with Crippen LogP contribution in [-0.2, 0) is 0 Å². The lowest BCUT2D eigenvalue weighted by atomic mass is 10.1. The summed E-state index contributed by atoms with van der Waals surface area (Å²) in [7, 11) is 0. The van der Waals surface area contributed by atoms with Gasteiger partial charge in [-0.2, -0.15) is 4.98 Å². The van der Waals surface area contributed by atoms with Crippen LogP contribution >= 0.6 is 11.6 Å². The number of rotatable bonds is 2. The minimum absolute atomic E-state index is 0.0559. The number of urea groups is 1. The highest BCUT2D eigenvalue weighted by Crippen LogP contribution is 2.25. The number of carbonyl (C=O) groups is 1. The zero-order chi connectivity index (χ0) is 17.6. The minimum Gasteiger partial charge on any atom is -0.319 e. The van der Waals surface area contributed by atoms with E-state index >= 15 is 0 Å². The Bertz CT molecular complexity index is 972. The summed E-state index contributed by atoms with van der Waals surface area (Å²) >= 11 is 5.84. The van der Waals surface area contributed by atoms with Crippen LogP contribution in [0, 0.1) is 5.82 Å². The molecule has 1 aromatic carbocycles. The van der Waals surface area contributed by atoms with Crippen molar-refractivity contribution in [1.82, 2.24) is 24.5 Å². The van der Waals surface area contributed by atoms with Crippen LogP contribution in [0.15, 0.2) is 30.6 Å². The topological polar surface area (TPSA) is 75.4 Å². The molecule has 0 spiro atoms. The van der Waals surface area contributed by atoms with Crippen LogP contribution in [0.5, 0.6) is 0 Å². The number of anilines is 1. The fourth-order valence-corrected chi connectivity index (χ4v) is 2.58. The van der Waals surface area contributed by atoms with Crippen molar-refractivity contribution in [2.45, 2.75) is 6.17 Å². The fraction of sp³-hybridized carbons (Fsp3) is 0.200. The van der Waals surface area contributed by atoms with Crippen molar-refractivity contribution in [3.05, 3.63) is 41.4 Å². The van der Waals surface area contributed by atoms with Crippen LogP contribution in [0.2, 0.25) is 5.02 Å². The van der Waals surface area contributed by atoms with E-state index in [0.29, 0.717) is 10.7 Å². The summed E-state index contributed by atoms with van der Waals surface area (Å²) in [5, 5.41) is 7.11. The van der Waals surface area contributed by atoms with Gasteiger partial charge in [-0.3, -0.25) is 0 Å². The molecule has 3 heterocycles. The molecule has 0 saturated carbocycles. The molecule has 2 aromatic heterocycles. The maximum absolute atomic E-state index is 14.2. The number of halogens is 3. The molecule has 1 fully saturated rings. The second kappa shape index (κ2) is 5.92. The molecule has 4 rings (SSSR count). The third-order valence-electron chi connectivity index (χ3n) is 3.74. The number of hydrogen-bond acceptors (Lipinski definition) is 4. The minimum atomic E-state index is -0.990. The Morgan fingerprint density at radius 1 is 1.36 bits per heavy atom. The van der Waals surface area contributed by atoms with Crippen molar-refractivity contribution >= 4 is 29.1 Å². The zero-order valence-electron chi connectivity index (χ0n) is 12.7. The fourth-order valence-electron chi connectivity index (χ4n) is 2.44. The van der Waals surface area contributed by atoms with E-state index in [1.54, 1.807) is 0 Å². The third kappa shape index (κ3) is 2.98. The molecule has 25 heavy (non-hydrogen) atoms. The van der Waals surface area contributed by atoms with Crippen LogP contribution in [0.4, 0.5) is 19.3 Å². The molecule has 1 saturated heterocycles. The number of nitrogens with zero attached hydrogens (tertiary/aromatic N) is 5. The van der Waals surface area contributed by atoms with E-state index in [0.717, 1.165) is 0 Å². The molecule has 1 N–H and O–H groups in total. The first kappa shape index (κ1) is 15.7. The molecule has 2 amide bonds. The molecule has 1 aliphatic heterocycles. The first-order chi connectivity index (χ1) is 12.0. The number of nitrogens with one attached hydrogen (secondary N) is 1. The van der Waals surface area contributed by atoms with Gasteiger partial charge in [-0.1, -0.05) is 11.6 Å². The molecule has 0 unspecified atom stereocenters. The number of amides is 2. The molecule has 7 nitrogen and oxygen atoms in total. The van der Waals surface area contributed by atoms with Crippen molar-refractivity contribution < 1.29 is 13.6 Å². The molecule has 0 bridgehead atoms. The van der Waals surface area contributed by atoms with Gasteiger partial charge in [0.05, 0.1) is 36.1 Å². The van der Waals surface area contributed by atoms with Gasteiger partial charge in [-0.05, 0) is 18.2 Å². The summed E-state index contributed by atoms with van der Waals surface area (Å²) in [4.78, 5) is 21.4. The number of hydrogen-bond donors (Lipinski definition) is 1. The second-order valence-electron chi connectivity index (χ2n) is 5.58. The highest BCUT2D eigenvalue weighted by atomic mass is 35.5. The van der Waals surface area contributed by atoms with Crippen molar-refractivity contribution in [2.75, 3.05) is 18.4 Å². The largest absolute Gasteiger partial charge is 0.322 e. The molecule has 128 valence electrons. The van der Waals surface area contributed by atoms with E-state index in [-0.39, 0.29) is 30.3 Å². The number of likely N-dealkylation sites (tertiary alicyclic amines) is 1. The van der Waals surface area contributed by atoms with Gasteiger partial charge in [0, 0.05) is 5.69 Å². The van der Waals surface area contributed by atoms with Crippen LogP contribution in [0.25, 0.3) is 17.2 Å². The molecular weight excluding hydrogens is 354 g/mol. The van der Waals surface area contributed by atoms with E-state index in [1.165, 1.54) is 40.0 Å². The van der Waals surface area contributed by atoms with Gasteiger partial charge in [-0.25, -0.2) is 23.1 Å². The summed E-state index contributed by atoms with van der Waals surface area (Å²) in [5.41, 5.74) is 0.458. The van der Waals surface area contributed by atoms with Crippen molar-refractivity contribution in [1.29, 1.82) is 0 Å². The highest BCUT2D eigenvalue weighted by molar-refractivity contribution is 6.30. The molecule has 1 aliphatic rings. The van der Waals surface area contributed by atoms with Gasteiger partial charge in [0.15, 0.2) is 5.82 Å². The van der Waals surface area contributed by atoms with Gasteiger partial charge < -0.3 is 10.2 Å². The quantitative estimate of drug-likeness (QED) is 0.758. The summed E-state index contributed by atoms with van der Waals surface area (Å²) in [6.45, 7) is 0.112. The first-order valence-corrected chi connectivity index (χ1v) is 7.75. The Kier molecular flexibility index (Phi) is 3.72. The van der Waals surface area contributed by atoms with Gasteiger partial charge in [0.1, 0.15) is 12.0 Å². The van der Waals surface area contributed by atoms with Crippen LogP contribution < -0.4 is 5.32 Å². The third-order valence-corrected chi connectivity index (χ3v) is 3.94. The normalized spacial score (nSPS) is 14.6. The number of carbonyl (C=O) groups excluding carboxylic acids is 1. The van der Waals surface area contributed by atoms with Gasteiger partial charge in [0.2, 0.25) is 0 Å². The summed E-state index contributed by atoms with van der Waals surface area (Å²) in [5.74, 6) is -0.174. The predicted octanol–water partition coefficient (Wildman–Crippen LogP) is 2.77. The summed E-state index contributed by atoms with van der Waals surface area (Å²) in [6, 6.07) is 3.58. The lowest BCUT2D eigenvalue weighted by Gasteiger charge is -2.34. The second-order valence-corrected chi connectivity index (χ2v) is 6.02. The average molecular weight is 365 g/mol. The summed E-state index contributed by atoms with van der Waals surface area (Å²) in [6.07, 6.45) is 1.92. The van der Waals surface area contributed by atoms with Crippen LogP contribution in [0.3, 0.4) is 0 Å². The van der Waals surface area contributed by atoms with E-state index in [4.69, 9.17) is 11.6 Å². The molecule has 0 aliphatic carbocycles. The SMILES string of the molecule is O=C(Nc1ccc(F)c(-c2nc3ncc(Cl)cn3n2)c1)N1CC(F)C1. The Balaban J connectivity index is 1.63. The Labute approximate surface area is 145 Å². The van der Waals surface area contributed by atoms with E-state index < -0.39 is 18.0 Å². The number of benzene rings is 1. The zero-order valence-corrected chi connectivity index (χ0v) is 13.4. The number of aromatic nitrogens is 4. The van der Waals surface area contributed by atoms with Gasteiger partial charge in [-0.15, -0.1) is 5.10 Å². The van der Waals surface area contributed by atoms with Crippen molar-refractivity contribution in [2.24, 2.45) is 0 Å². The average Bonchev–Trinajstić information content (AvgIpc) is 2.96. The number of fused-ring (bicyclic) bond motifs is 1. The maximum atomic E-state index is 14.2. The lowest BCUT2D eigenvalue weighted by Crippen LogP contribution is -2.53. The standard InChI is InChI=1S/C15H11ClF2N6O/c16-8-4-19-14-21-13(22-24(14)5-8)11-3-10(1-2-12(11)18)20-15(25)23-6-9(17)7-23/h1-5,9H,6-7H2,(H,20,25). The molecule has 3 aromatic rings. The molecular formula is C15H11ClF2N6O. The molecule has 0 radical (unpaired) electrons. The van der Waals surface area contributed by atoms with Gasteiger partial charge >= 0.3 is 6.03 Å². The molecule has 0 atom stereocenters. The first-order valence-electron chi connectivity index (χ1n) is 7.37. The smallest absolute Gasteiger partial charge is 0.319 e. The lowest BCUT2D eigenvalue weighted by molar-refractivity contribution is 0.0974. The van der Waals surface area contributed by atoms with Crippen LogP contribution in [0.1, 0.15) is 0 Å². The number of alkyl halides is 1.